The largest absolute Gasteiger partial charge is 0.245 e. The molecule has 0 aliphatic carbocycles. The van der Waals surface area contributed by atoms with E-state index in [0.29, 0.717) is 38.3 Å². The van der Waals surface area contributed by atoms with Crippen LogP contribution in [0.3, 0.4) is 0 Å². The third kappa shape index (κ3) is 2.35. The molecule has 7 nitrogen and oxygen atoms in total. The second-order valence-electron chi connectivity index (χ2n) is 8.05. The summed E-state index contributed by atoms with van der Waals surface area (Å²) < 4.78 is 0. The maximum Gasteiger partial charge on any atom is 0.206 e. The zero-order chi connectivity index (χ0) is 22.8. The van der Waals surface area contributed by atoms with Crippen LogP contribution in [0.5, 0.6) is 0 Å². The predicted molar refractivity (Wildman–Crippen MR) is 130 cm³/mol. The molecule has 0 N–H and O–H groups in total. The summed E-state index contributed by atoms with van der Waals surface area (Å²) in [6.07, 6.45) is 3.81. The molecule has 2 heterocycles. The normalized spacial score (nSPS) is 13.0. The van der Waals surface area contributed by atoms with Crippen LogP contribution in [-0.2, 0) is 0 Å². The van der Waals surface area contributed by atoms with Gasteiger partial charge in [0.05, 0.1) is 27.6 Å². The zero-order valence-electron chi connectivity index (χ0n) is 17.5. The molecule has 0 radical (unpaired) electrons. The van der Waals surface area contributed by atoms with Crippen LogP contribution >= 0.6 is 0 Å². The minimum absolute atomic E-state index is 0.543. The van der Waals surface area contributed by atoms with Crippen molar-refractivity contribution in [1.29, 1.82) is 10.5 Å². The number of hydrogen-bond acceptors (Lipinski definition) is 7. The Morgan fingerprint density at radius 1 is 0.529 bits per heavy atom. The van der Waals surface area contributed by atoms with Crippen molar-refractivity contribution in [1.82, 2.24) is 15.0 Å². The lowest BCUT2D eigenvalue weighted by Gasteiger charge is -2.03. The van der Waals surface area contributed by atoms with Crippen LogP contribution in [0.2, 0.25) is 0 Å². The summed E-state index contributed by atoms with van der Waals surface area (Å²) in [5.74, 6) is 0. The van der Waals surface area contributed by atoms with E-state index in [0.717, 1.165) is 37.8 Å². The molecule has 0 aliphatic rings. The van der Waals surface area contributed by atoms with Crippen LogP contribution in [0, 0.1) is 22.9 Å². The molecule has 7 aromatic rings. The monoisotopic (exact) mass is 433 g/mol. The molecule has 0 unspecified atom stereocenters. The van der Waals surface area contributed by atoms with Gasteiger partial charge < -0.3 is 0 Å². The van der Waals surface area contributed by atoms with Crippen molar-refractivity contribution in [2.45, 2.75) is 0 Å². The highest BCUT2D eigenvalue weighted by Crippen LogP contribution is 2.30. The van der Waals surface area contributed by atoms with Crippen LogP contribution in [0.1, 0.15) is 0 Å². The molecule has 7 rings (SSSR count). The van der Waals surface area contributed by atoms with Gasteiger partial charge in [-0.3, -0.25) is 0 Å². The first-order chi connectivity index (χ1) is 16.8. The molecule has 0 saturated heterocycles. The van der Waals surface area contributed by atoms with E-state index in [4.69, 9.17) is 15.0 Å². The molecular weight excluding hydrogens is 422 g/mol. The number of pyridine rings is 1. The van der Waals surface area contributed by atoms with Gasteiger partial charge in [-0.2, -0.15) is 20.5 Å². The van der Waals surface area contributed by atoms with Crippen molar-refractivity contribution in [3.05, 3.63) is 77.4 Å². The molecule has 0 atom stereocenters. The summed E-state index contributed by atoms with van der Waals surface area (Å²) in [5.41, 5.74) is 4.15. The predicted octanol–water partition coefficient (Wildman–Crippen LogP) is 4.43. The fourth-order valence-corrected chi connectivity index (χ4v) is 4.87. The molecule has 0 fully saturated rings. The molecule has 0 amide bonds. The lowest BCUT2D eigenvalue weighted by molar-refractivity contribution is 1.34. The highest BCUT2D eigenvalue weighted by atomic mass is 14.8. The topological polar surface area (TPSA) is 111 Å². The molecular formula is C27H11N7. The fourth-order valence-electron chi connectivity index (χ4n) is 4.87. The second-order valence-corrected chi connectivity index (χ2v) is 8.05. The van der Waals surface area contributed by atoms with Gasteiger partial charge >= 0.3 is 0 Å². The Morgan fingerprint density at radius 2 is 1.09 bits per heavy atom. The first-order valence-corrected chi connectivity index (χ1v) is 10.6. The Morgan fingerprint density at radius 3 is 1.82 bits per heavy atom. The quantitative estimate of drug-likeness (QED) is 0.259. The number of nitriles is 2. The lowest BCUT2D eigenvalue weighted by Crippen LogP contribution is -2.01. The van der Waals surface area contributed by atoms with Gasteiger partial charge in [-0.15, -0.1) is 0 Å². The van der Waals surface area contributed by atoms with E-state index in [2.05, 4.69) is 16.1 Å². The Labute approximate surface area is 190 Å². The molecule has 5 aromatic carbocycles. The molecule has 7 heteroatoms. The van der Waals surface area contributed by atoms with Crippen molar-refractivity contribution in [3.63, 3.8) is 0 Å². The van der Waals surface area contributed by atoms with Gasteiger partial charge in [0.15, 0.2) is 0 Å². The number of benzene rings is 3. The van der Waals surface area contributed by atoms with Crippen molar-refractivity contribution >= 4 is 65.4 Å². The van der Waals surface area contributed by atoms with Gasteiger partial charge in [-0.1, -0.05) is 48.5 Å². The number of hydrogen-bond donors (Lipinski definition) is 0. The summed E-state index contributed by atoms with van der Waals surface area (Å²) in [6, 6.07) is 21.5. The van der Waals surface area contributed by atoms with Crippen LogP contribution in [0.15, 0.2) is 76.7 Å². The molecule has 0 bridgehead atoms. The zero-order valence-corrected chi connectivity index (χ0v) is 17.5. The van der Waals surface area contributed by atoms with E-state index >= 15 is 0 Å². The molecule has 34 heavy (non-hydrogen) atoms. The van der Waals surface area contributed by atoms with Crippen LogP contribution < -0.4 is 10.7 Å². The Hall–Kier alpha value is -5.27. The minimum Gasteiger partial charge on any atom is -0.245 e. The van der Waals surface area contributed by atoms with Crippen molar-refractivity contribution in [3.8, 4) is 12.4 Å². The Kier molecular flexibility index (Phi) is 3.56. The molecule has 0 aliphatic heterocycles. The van der Waals surface area contributed by atoms with E-state index in [1.807, 2.05) is 73.0 Å². The standard InChI is InChI=1S/C27H11N7/c28-12-30-23-16-6-2-1-5-15(16)19-9-14-10-21-22(11-20(14)32-26(19)23)33-25-18-8-4-3-7-17(18)24(31-13-29)27(25)34-21/h1-11H/b30-23+,31-24+. The summed E-state index contributed by atoms with van der Waals surface area (Å²) >= 11 is 0. The third-order valence-electron chi connectivity index (χ3n) is 6.28. The van der Waals surface area contributed by atoms with Crippen LogP contribution in [0.4, 0.5) is 0 Å². The van der Waals surface area contributed by atoms with Gasteiger partial charge in [0.1, 0.15) is 16.2 Å². The Bertz CT molecular complexity index is 2040. The van der Waals surface area contributed by atoms with Gasteiger partial charge in [0.25, 0.3) is 0 Å². The number of rotatable bonds is 0. The molecule has 154 valence electrons. The second kappa shape index (κ2) is 6.61. The van der Waals surface area contributed by atoms with Crippen molar-refractivity contribution < 1.29 is 0 Å². The van der Waals surface area contributed by atoms with Crippen LogP contribution in [-0.4, -0.2) is 15.0 Å². The van der Waals surface area contributed by atoms with E-state index in [1.165, 1.54) is 0 Å². The average Bonchev–Trinajstić information content (AvgIpc) is 3.33. The van der Waals surface area contributed by atoms with E-state index in [-0.39, 0.29) is 0 Å². The maximum atomic E-state index is 9.25. The van der Waals surface area contributed by atoms with Gasteiger partial charge in [-0.05, 0) is 23.6 Å². The van der Waals surface area contributed by atoms with E-state index in [1.54, 1.807) is 0 Å². The van der Waals surface area contributed by atoms with Crippen molar-refractivity contribution in [2.24, 2.45) is 9.98 Å². The third-order valence-corrected chi connectivity index (χ3v) is 6.28. The average molecular weight is 433 g/mol. The molecule has 0 spiro atoms. The number of aromatic nitrogens is 3. The molecule has 2 aromatic heterocycles. The highest BCUT2D eigenvalue weighted by molar-refractivity contribution is 6.14. The van der Waals surface area contributed by atoms with E-state index < -0.39 is 0 Å². The number of fused-ring (bicyclic) bond motifs is 8. The van der Waals surface area contributed by atoms with E-state index in [9.17, 15) is 10.5 Å². The van der Waals surface area contributed by atoms with Gasteiger partial charge in [0, 0.05) is 26.9 Å². The summed E-state index contributed by atoms with van der Waals surface area (Å²) in [5, 5.41) is 25.1. The summed E-state index contributed by atoms with van der Waals surface area (Å²) in [4.78, 5) is 22.8. The Balaban J connectivity index is 1.65. The van der Waals surface area contributed by atoms with Crippen molar-refractivity contribution in [2.75, 3.05) is 0 Å². The summed E-state index contributed by atoms with van der Waals surface area (Å²) in [6.45, 7) is 0. The first kappa shape index (κ1) is 18.3. The summed E-state index contributed by atoms with van der Waals surface area (Å²) in [7, 11) is 0. The first-order valence-electron chi connectivity index (χ1n) is 10.6. The number of nitrogens with zero attached hydrogens (tertiary/aromatic N) is 7. The molecule has 0 saturated carbocycles. The lowest BCUT2D eigenvalue weighted by atomic mass is 10.1. The van der Waals surface area contributed by atoms with Gasteiger partial charge in [0.2, 0.25) is 12.4 Å². The SMILES string of the molecule is N#C/N=c1\c2ccccc2c2cc3cc4nc5/c(=N/C#N)c6ccccc6c5nc4cc3nc12. The van der Waals surface area contributed by atoms with Gasteiger partial charge in [-0.25, -0.2) is 15.0 Å². The fraction of sp³-hybridized carbons (Fsp3) is 0. The smallest absolute Gasteiger partial charge is 0.206 e. The highest BCUT2D eigenvalue weighted by Gasteiger charge is 2.15. The maximum absolute atomic E-state index is 9.25. The minimum atomic E-state index is 0.543. The van der Waals surface area contributed by atoms with Crippen LogP contribution in [0.25, 0.3) is 65.4 Å².